The number of rotatable bonds is 22. The van der Waals surface area contributed by atoms with E-state index in [0.717, 1.165) is 38.6 Å². The summed E-state index contributed by atoms with van der Waals surface area (Å²) in [6.07, 6.45) is 18.5. The Balaban J connectivity index is 3.60. The van der Waals surface area contributed by atoms with Gasteiger partial charge in [-0.1, -0.05) is 102 Å². The molecule has 0 aromatic rings. The van der Waals surface area contributed by atoms with Gasteiger partial charge < -0.3 is 14.4 Å². The SMILES string of the molecule is CCCCCCCCCCCCCCC(C)C(=O)OCC(Cl)OC(=O)CCCCN(C)C. The Bertz CT molecular complexity index is 459. The van der Waals surface area contributed by atoms with Crippen molar-refractivity contribution in [2.45, 2.75) is 122 Å². The molecule has 0 saturated heterocycles. The first-order valence-electron chi connectivity index (χ1n) is 13.0. The average molecular weight is 476 g/mol. The zero-order valence-corrected chi connectivity index (χ0v) is 22.1. The van der Waals surface area contributed by atoms with Crippen LogP contribution < -0.4 is 0 Å². The second kappa shape index (κ2) is 22.0. The molecule has 0 fully saturated rings. The fraction of sp³-hybridized carbons (Fsp3) is 0.923. The monoisotopic (exact) mass is 475 g/mol. The number of esters is 2. The van der Waals surface area contributed by atoms with Crippen molar-refractivity contribution in [1.82, 2.24) is 4.90 Å². The van der Waals surface area contributed by atoms with Gasteiger partial charge in [0.15, 0.2) is 0 Å². The maximum Gasteiger partial charge on any atom is 0.308 e. The topological polar surface area (TPSA) is 55.8 Å². The number of carbonyl (C=O) groups excluding carboxylic acids is 2. The minimum atomic E-state index is -0.917. The molecule has 0 bridgehead atoms. The lowest BCUT2D eigenvalue weighted by molar-refractivity contribution is -0.157. The molecule has 0 aliphatic carbocycles. The normalized spacial score (nSPS) is 13.2. The first-order chi connectivity index (χ1) is 15.4. The molecule has 0 aliphatic rings. The fourth-order valence-corrected chi connectivity index (χ4v) is 3.79. The maximum atomic E-state index is 12.1. The Labute approximate surface area is 202 Å². The Hall–Kier alpha value is -0.810. The van der Waals surface area contributed by atoms with Crippen molar-refractivity contribution in [2.75, 3.05) is 27.2 Å². The van der Waals surface area contributed by atoms with Gasteiger partial charge in [-0.3, -0.25) is 9.59 Å². The standard InChI is InChI=1S/C26H50ClNO4/c1-5-6-7-8-9-10-11-12-13-14-15-16-19-23(2)26(30)31-22-24(27)32-25(29)20-17-18-21-28(3)4/h23-24H,5-22H2,1-4H3. The highest BCUT2D eigenvalue weighted by atomic mass is 35.5. The van der Waals surface area contributed by atoms with Crippen LogP contribution in [0.15, 0.2) is 0 Å². The van der Waals surface area contributed by atoms with Crippen LogP contribution in [0.2, 0.25) is 0 Å². The molecule has 0 N–H and O–H groups in total. The third kappa shape index (κ3) is 21.1. The van der Waals surface area contributed by atoms with Gasteiger partial charge in [0, 0.05) is 6.42 Å². The van der Waals surface area contributed by atoms with E-state index in [4.69, 9.17) is 21.1 Å². The number of nitrogens with zero attached hydrogens (tertiary/aromatic N) is 1. The Morgan fingerprint density at radius 1 is 0.812 bits per heavy atom. The van der Waals surface area contributed by atoms with Gasteiger partial charge in [-0.05, 0) is 39.9 Å². The number of carbonyl (C=O) groups is 2. The summed E-state index contributed by atoms with van der Waals surface area (Å²) in [7, 11) is 4.00. The van der Waals surface area contributed by atoms with E-state index < -0.39 is 5.56 Å². The predicted molar refractivity (Wildman–Crippen MR) is 134 cm³/mol. The number of halogens is 1. The summed E-state index contributed by atoms with van der Waals surface area (Å²) < 4.78 is 10.3. The lowest BCUT2D eigenvalue weighted by Gasteiger charge is -2.15. The van der Waals surface area contributed by atoms with Crippen molar-refractivity contribution in [2.24, 2.45) is 5.92 Å². The highest BCUT2D eigenvalue weighted by Gasteiger charge is 2.18. The summed E-state index contributed by atoms with van der Waals surface area (Å²) in [5, 5.41) is 0. The van der Waals surface area contributed by atoms with Gasteiger partial charge in [-0.2, -0.15) is 0 Å². The molecule has 0 radical (unpaired) electrons. The molecule has 0 heterocycles. The van der Waals surface area contributed by atoms with E-state index in [1.807, 2.05) is 21.0 Å². The second-order valence-corrected chi connectivity index (χ2v) is 9.86. The van der Waals surface area contributed by atoms with Crippen LogP contribution >= 0.6 is 11.6 Å². The quantitative estimate of drug-likeness (QED) is 0.0949. The minimum absolute atomic E-state index is 0.0907. The first kappa shape index (κ1) is 31.2. The third-order valence-corrected chi connectivity index (χ3v) is 5.96. The number of hydrogen-bond donors (Lipinski definition) is 0. The van der Waals surface area contributed by atoms with E-state index >= 15 is 0 Å². The Kier molecular flexibility index (Phi) is 21.4. The van der Waals surface area contributed by atoms with Gasteiger partial charge in [0.25, 0.3) is 0 Å². The maximum absolute atomic E-state index is 12.1. The van der Waals surface area contributed by atoms with Crippen molar-refractivity contribution in [3.63, 3.8) is 0 Å². The van der Waals surface area contributed by atoms with Crippen molar-refractivity contribution in [3.05, 3.63) is 0 Å². The van der Waals surface area contributed by atoms with Crippen LogP contribution in [-0.4, -0.2) is 49.6 Å². The molecule has 5 nitrogen and oxygen atoms in total. The van der Waals surface area contributed by atoms with Gasteiger partial charge in [-0.15, -0.1) is 0 Å². The van der Waals surface area contributed by atoms with Crippen LogP contribution in [0.25, 0.3) is 0 Å². The van der Waals surface area contributed by atoms with E-state index in [-0.39, 0.29) is 24.5 Å². The van der Waals surface area contributed by atoms with E-state index in [2.05, 4.69) is 11.8 Å². The molecule has 0 spiro atoms. The van der Waals surface area contributed by atoms with E-state index in [1.54, 1.807) is 0 Å². The van der Waals surface area contributed by atoms with E-state index in [1.165, 1.54) is 64.2 Å². The van der Waals surface area contributed by atoms with Gasteiger partial charge in [0.05, 0.1) is 5.92 Å². The van der Waals surface area contributed by atoms with E-state index in [0.29, 0.717) is 6.42 Å². The highest BCUT2D eigenvalue weighted by Crippen LogP contribution is 2.16. The first-order valence-corrected chi connectivity index (χ1v) is 13.4. The van der Waals surface area contributed by atoms with Crippen molar-refractivity contribution in [3.8, 4) is 0 Å². The molecule has 0 aromatic carbocycles. The molecule has 0 amide bonds. The van der Waals surface area contributed by atoms with Crippen LogP contribution in [0.1, 0.15) is 117 Å². The van der Waals surface area contributed by atoms with Crippen LogP contribution in [0.5, 0.6) is 0 Å². The smallest absolute Gasteiger partial charge is 0.308 e. The van der Waals surface area contributed by atoms with Gasteiger partial charge in [0.2, 0.25) is 5.56 Å². The molecule has 2 atom stereocenters. The number of hydrogen-bond acceptors (Lipinski definition) is 5. The molecule has 0 rings (SSSR count). The third-order valence-electron chi connectivity index (χ3n) is 5.75. The summed E-state index contributed by atoms with van der Waals surface area (Å²) in [6.45, 7) is 4.99. The van der Waals surface area contributed by atoms with Crippen molar-refractivity contribution >= 4 is 23.5 Å². The molecular formula is C26H50ClNO4. The van der Waals surface area contributed by atoms with Gasteiger partial charge in [-0.25, -0.2) is 0 Å². The molecule has 0 saturated carbocycles. The van der Waals surface area contributed by atoms with Crippen molar-refractivity contribution < 1.29 is 19.1 Å². The zero-order valence-electron chi connectivity index (χ0n) is 21.3. The number of unbranched alkanes of at least 4 members (excludes halogenated alkanes) is 12. The number of ether oxygens (including phenoxy) is 2. The number of alkyl halides is 1. The minimum Gasteiger partial charge on any atom is -0.460 e. The molecular weight excluding hydrogens is 426 g/mol. The molecule has 0 aromatic heterocycles. The highest BCUT2D eigenvalue weighted by molar-refractivity contribution is 6.20. The Morgan fingerprint density at radius 2 is 1.34 bits per heavy atom. The van der Waals surface area contributed by atoms with Gasteiger partial charge in [0.1, 0.15) is 6.61 Å². The molecule has 2 unspecified atom stereocenters. The van der Waals surface area contributed by atoms with Gasteiger partial charge >= 0.3 is 11.9 Å². The predicted octanol–water partition coefficient (Wildman–Crippen LogP) is 7.10. The Morgan fingerprint density at radius 3 is 1.88 bits per heavy atom. The van der Waals surface area contributed by atoms with Crippen LogP contribution in [0.3, 0.4) is 0 Å². The summed E-state index contributed by atoms with van der Waals surface area (Å²) in [6, 6.07) is 0. The molecule has 32 heavy (non-hydrogen) atoms. The lowest BCUT2D eigenvalue weighted by Crippen LogP contribution is -2.23. The molecule has 190 valence electrons. The molecule has 6 heteroatoms. The van der Waals surface area contributed by atoms with Crippen LogP contribution in [0.4, 0.5) is 0 Å². The summed E-state index contributed by atoms with van der Waals surface area (Å²) in [5.41, 5.74) is -0.917. The zero-order chi connectivity index (χ0) is 24.0. The second-order valence-electron chi connectivity index (χ2n) is 9.37. The summed E-state index contributed by atoms with van der Waals surface area (Å²) in [4.78, 5) is 25.9. The largest absolute Gasteiger partial charge is 0.460 e. The molecule has 0 aliphatic heterocycles. The lowest BCUT2D eigenvalue weighted by atomic mass is 10.0. The summed E-state index contributed by atoms with van der Waals surface area (Å²) in [5.74, 6) is -0.756. The average Bonchev–Trinajstić information content (AvgIpc) is 2.75. The van der Waals surface area contributed by atoms with Crippen LogP contribution in [-0.2, 0) is 19.1 Å². The fourth-order valence-electron chi connectivity index (χ4n) is 3.63. The van der Waals surface area contributed by atoms with E-state index in [9.17, 15) is 9.59 Å². The van der Waals surface area contributed by atoms with Crippen molar-refractivity contribution in [1.29, 1.82) is 0 Å². The van der Waals surface area contributed by atoms with Crippen LogP contribution in [0, 0.1) is 5.92 Å². The summed E-state index contributed by atoms with van der Waals surface area (Å²) >= 11 is 5.99.